The number of methoxy groups -OCH3 is 1. The number of esters is 1. The van der Waals surface area contributed by atoms with Gasteiger partial charge in [-0.25, -0.2) is 14.2 Å². The molecular formula is C26H24FNO4. The normalized spacial score (nSPS) is 14.0. The SMILES string of the molecule is COc1cc(-c2ccc(OC(=O)c3cccc([C@@H](CC(C)=O)C4CC4)c3)cc2)c(F)cn1. The highest BCUT2D eigenvalue weighted by molar-refractivity contribution is 5.91. The average Bonchev–Trinajstić information content (AvgIpc) is 3.64. The van der Waals surface area contributed by atoms with E-state index in [4.69, 9.17) is 9.47 Å². The quantitative estimate of drug-likeness (QED) is 0.342. The maximum Gasteiger partial charge on any atom is 0.343 e. The molecule has 0 unspecified atom stereocenters. The second kappa shape index (κ2) is 9.30. The number of ketones is 1. The van der Waals surface area contributed by atoms with Gasteiger partial charge < -0.3 is 14.3 Å². The second-order valence-electron chi connectivity index (χ2n) is 8.10. The Kier molecular flexibility index (Phi) is 6.30. The molecular weight excluding hydrogens is 409 g/mol. The van der Waals surface area contributed by atoms with Crippen molar-refractivity contribution in [1.82, 2.24) is 4.98 Å². The van der Waals surface area contributed by atoms with Crippen LogP contribution in [0.2, 0.25) is 0 Å². The summed E-state index contributed by atoms with van der Waals surface area (Å²) in [4.78, 5) is 28.2. The molecule has 6 heteroatoms. The molecule has 1 aromatic heterocycles. The van der Waals surface area contributed by atoms with Crippen LogP contribution < -0.4 is 9.47 Å². The van der Waals surface area contributed by atoms with Crippen LogP contribution in [0.3, 0.4) is 0 Å². The number of rotatable bonds is 8. The van der Waals surface area contributed by atoms with Crippen LogP contribution in [0.25, 0.3) is 11.1 Å². The highest BCUT2D eigenvalue weighted by Crippen LogP contribution is 2.44. The van der Waals surface area contributed by atoms with Gasteiger partial charge in [0.2, 0.25) is 5.88 Å². The van der Waals surface area contributed by atoms with Crippen molar-refractivity contribution >= 4 is 11.8 Å². The molecule has 0 radical (unpaired) electrons. The van der Waals surface area contributed by atoms with Gasteiger partial charge >= 0.3 is 5.97 Å². The number of ether oxygens (including phenoxy) is 2. The fourth-order valence-corrected chi connectivity index (χ4v) is 3.88. The van der Waals surface area contributed by atoms with Crippen LogP contribution in [0.5, 0.6) is 11.6 Å². The van der Waals surface area contributed by atoms with Crippen LogP contribution in [0.15, 0.2) is 60.8 Å². The first kappa shape index (κ1) is 21.7. The second-order valence-corrected chi connectivity index (χ2v) is 8.10. The molecule has 164 valence electrons. The number of pyridine rings is 1. The summed E-state index contributed by atoms with van der Waals surface area (Å²) in [5, 5.41) is 0. The summed E-state index contributed by atoms with van der Waals surface area (Å²) in [6.45, 7) is 1.60. The highest BCUT2D eigenvalue weighted by atomic mass is 19.1. The number of carbonyl (C=O) groups excluding carboxylic acids is 2. The average molecular weight is 433 g/mol. The summed E-state index contributed by atoms with van der Waals surface area (Å²) in [7, 11) is 1.47. The number of Topliss-reactive ketones (excluding diaryl/α,β-unsaturated/α-hetero) is 1. The molecule has 1 aliphatic carbocycles. The Labute approximate surface area is 186 Å². The largest absolute Gasteiger partial charge is 0.481 e. The van der Waals surface area contributed by atoms with Gasteiger partial charge in [-0.2, -0.15) is 0 Å². The number of carbonyl (C=O) groups is 2. The highest BCUT2D eigenvalue weighted by Gasteiger charge is 2.33. The van der Waals surface area contributed by atoms with Gasteiger partial charge in [0.15, 0.2) is 0 Å². The molecule has 1 fully saturated rings. The third kappa shape index (κ3) is 5.02. The zero-order valence-corrected chi connectivity index (χ0v) is 18.0. The molecule has 4 rings (SSSR count). The molecule has 0 bridgehead atoms. The van der Waals surface area contributed by atoms with E-state index in [0.717, 1.165) is 24.6 Å². The van der Waals surface area contributed by atoms with Gasteiger partial charge in [-0.1, -0.05) is 24.3 Å². The molecule has 5 nitrogen and oxygen atoms in total. The van der Waals surface area contributed by atoms with E-state index in [1.807, 2.05) is 18.2 Å². The Balaban J connectivity index is 1.49. The zero-order valence-electron chi connectivity index (χ0n) is 18.0. The van der Waals surface area contributed by atoms with Crippen LogP contribution in [0.4, 0.5) is 4.39 Å². The molecule has 1 saturated carbocycles. The lowest BCUT2D eigenvalue weighted by Crippen LogP contribution is -2.11. The fourth-order valence-electron chi connectivity index (χ4n) is 3.88. The van der Waals surface area contributed by atoms with E-state index in [1.54, 1.807) is 37.3 Å². The van der Waals surface area contributed by atoms with E-state index in [-0.39, 0.29) is 11.7 Å². The van der Waals surface area contributed by atoms with Crippen molar-refractivity contribution in [2.24, 2.45) is 5.92 Å². The maximum atomic E-state index is 14.1. The van der Waals surface area contributed by atoms with Crippen molar-refractivity contribution in [3.8, 4) is 22.8 Å². The monoisotopic (exact) mass is 433 g/mol. The predicted octanol–water partition coefficient (Wildman–Crippen LogP) is 5.59. The lowest BCUT2D eigenvalue weighted by Gasteiger charge is -2.16. The molecule has 0 aliphatic heterocycles. The van der Waals surface area contributed by atoms with Crippen molar-refractivity contribution in [3.63, 3.8) is 0 Å². The molecule has 2 aromatic carbocycles. The van der Waals surface area contributed by atoms with Gasteiger partial charge in [0.1, 0.15) is 17.3 Å². The molecule has 0 saturated heterocycles. The topological polar surface area (TPSA) is 65.5 Å². The number of hydrogen-bond acceptors (Lipinski definition) is 5. The summed E-state index contributed by atoms with van der Waals surface area (Å²) < 4.78 is 24.7. The van der Waals surface area contributed by atoms with E-state index < -0.39 is 11.8 Å². The van der Waals surface area contributed by atoms with E-state index in [9.17, 15) is 14.0 Å². The van der Waals surface area contributed by atoms with Gasteiger partial charge in [-0.05, 0) is 67.0 Å². The zero-order chi connectivity index (χ0) is 22.7. The van der Waals surface area contributed by atoms with Gasteiger partial charge in [0.25, 0.3) is 0 Å². The van der Waals surface area contributed by atoms with Crippen molar-refractivity contribution in [1.29, 1.82) is 0 Å². The van der Waals surface area contributed by atoms with Crippen LogP contribution in [0, 0.1) is 11.7 Å². The van der Waals surface area contributed by atoms with Gasteiger partial charge in [0, 0.05) is 18.1 Å². The summed E-state index contributed by atoms with van der Waals surface area (Å²) in [5.41, 5.74) is 2.39. The molecule has 32 heavy (non-hydrogen) atoms. The lowest BCUT2D eigenvalue weighted by atomic mass is 9.89. The summed E-state index contributed by atoms with van der Waals surface area (Å²) in [5.74, 6) is 0.519. The van der Waals surface area contributed by atoms with Crippen molar-refractivity contribution in [3.05, 3.63) is 77.7 Å². The van der Waals surface area contributed by atoms with Crippen LogP contribution in [-0.4, -0.2) is 23.8 Å². The third-order valence-corrected chi connectivity index (χ3v) is 5.66. The standard InChI is InChI=1S/C26H24FNO4/c1-16(29)12-22(17-6-7-17)19-4-3-5-20(13-19)26(30)32-21-10-8-18(9-11-21)23-14-25(31-2)28-15-24(23)27/h3-5,8-11,13-15,17,22H,6-7,12H2,1-2H3/t22-/m0/s1. The van der Waals surface area contributed by atoms with Crippen molar-refractivity contribution < 1.29 is 23.5 Å². The van der Waals surface area contributed by atoms with Crippen LogP contribution >= 0.6 is 0 Å². The molecule has 0 N–H and O–H groups in total. The van der Waals surface area contributed by atoms with Crippen molar-refractivity contribution in [2.75, 3.05) is 7.11 Å². The Morgan fingerprint density at radius 2 is 1.88 bits per heavy atom. The Morgan fingerprint density at radius 3 is 2.53 bits per heavy atom. The summed E-state index contributed by atoms with van der Waals surface area (Å²) >= 11 is 0. The van der Waals surface area contributed by atoms with Gasteiger partial charge in [-0.15, -0.1) is 0 Å². The number of hydrogen-bond donors (Lipinski definition) is 0. The first-order valence-corrected chi connectivity index (χ1v) is 10.6. The molecule has 1 aliphatic rings. The predicted molar refractivity (Wildman–Crippen MR) is 118 cm³/mol. The van der Waals surface area contributed by atoms with E-state index in [1.165, 1.54) is 13.2 Å². The molecule has 0 amide bonds. The summed E-state index contributed by atoms with van der Waals surface area (Å²) in [6.07, 6.45) is 3.82. The first-order chi connectivity index (χ1) is 15.4. The first-order valence-electron chi connectivity index (χ1n) is 10.6. The summed E-state index contributed by atoms with van der Waals surface area (Å²) in [6, 6.07) is 15.4. The molecule has 0 spiro atoms. The molecule has 3 aromatic rings. The smallest absolute Gasteiger partial charge is 0.343 e. The van der Waals surface area contributed by atoms with E-state index in [2.05, 4.69) is 4.98 Å². The maximum absolute atomic E-state index is 14.1. The van der Waals surface area contributed by atoms with Gasteiger partial charge in [0.05, 0.1) is 18.9 Å². The van der Waals surface area contributed by atoms with E-state index in [0.29, 0.717) is 40.7 Å². The lowest BCUT2D eigenvalue weighted by molar-refractivity contribution is -0.117. The Bertz CT molecular complexity index is 1140. The minimum absolute atomic E-state index is 0.145. The minimum Gasteiger partial charge on any atom is -0.481 e. The molecule has 1 atom stereocenters. The fraction of sp³-hybridized carbons (Fsp3) is 0.269. The minimum atomic E-state index is -0.478. The van der Waals surface area contributed by atoms with E-state index >= 15 is 0 Å². The van der Waals surface area contributed by atoms with Gasteiger partial charge in [-0.3, -0.25) is 0 Å². The Hall–Kier alpha value is -3.54. The number of aromatic nitrogens is 1. The Morgan fingerprint density at radius 1 is 1.12 bits per heavy atom. The number of nitrogens with zero attached hydrogens (tertiary/aromatic N) is 1. The van der Waals surface area contributed by atoms with Crippen LogP contribution in [-0.2, 0) is 4.79 Å². The third-order valence-electron chi connectivity index (χ3n) is 5.66. The van der Waals surface area contributed by atoms with Crippen molar-refractivity contribution in [2.45, 2.75) is 32.1 Å². The molecule has 1 heterocycles. The van der Waals surface area contributed by atoms with Crippen LogP contribution in [0.1, 0.15) is 48.0 Å². The number of halogens is 1. The number of benzene rings is 2.